The fourth-order valence-electron chi connectivity index (χ4n) is 2.44. The second kappa shape index (κ2) is 26.5. The number of unbranched alkanes of at least 4 members (excludes halogenated alkanes) is 1. The number of aliphatic carboxylic acids is 4. The Balaban J connectivity index is -0.000000498. The minimum atomic E-state index is -1.11. The summed E-state index contributed by atoms with van der Waals surface area (Å²) in [5.74, 6) is -4.69. The van der Waals surface area contributed by atoms with Crippen molar-refractivity contribution in [1.29, 1.82) is 5.41 Å². The van der Waals surface area contributed by atoms with Crippen LogP contribution in [0.25, 0.3) is 0 Å². The molecule has 4 atom stereocenters. The van der Waals surface area contributed by atoms with E-state index in [0.717, 1.165) is 12.8 Å². The van der Waals surface area contributed by atoms with Crippen molar-refractivity contribution in [1.82, 2.24) is 15.3 Å². The third-order valence-corrected chi connectivity index (χ3v) is 4.93. The molecule has 0 aliphatic carbocycles. The number of rotatable bonds is 17. The maximum absolute atomic E-state index is 10.3. The minimum absolute atomic E-state index is 0.0213. The number of imidazole rings is 1. The average molecular weight is 622 g/mol. The lowest BCUT2D eigenvalue weighted by Gasteiger charge is -2.06. The first kappa shape index (κ1) is 43.1. The highest BCUT2D eigenvalue weighted by Crippen LogP contribution is 1.97. The van der Waals surface area contributed by atoms with Gasteiger partial charge in [-0.2, -0.15) is 0 Å². The molecule has 21 N–H and O–H groups in total. The Morgan fingerprint density at radius 3 is 1.63 bits per heavy atom. The van der Waals surface area contributed by atoms with E-state index in [9.17, 15) is 24.0 Å². The quantitative estimate of drug-likeness (QED) is 0.0450. The number of nitrogens with zero attached hydrogens (tertiary/aromatic N) is 1. The van der Waals surface area contributed by atoms with Gasteiger partial charge in [-0.05, 0) is 38.6 Å². The first-order valence-corrected chi connectivity index (χ1v) is 12.9. The third kappa shape index (κ3) is 30.4. The Kier molecular flexibility index (Phi) is 26.6. The third-order valence-electron chi connectivity index (χ3n) is 4.93. The fraction of sp³-hybridized carbons (Fsp3) is 0.609. The Bertz CT molecular complexity index is 949. The lowest BCUT2D eigenvalue weighted by atomic mass is 10.1. The summed E-state index contributed by atoms with van der Waals surface area (Å²) in [6.45, 7) is 1.09. The number of H-pyrrole nitrogens is 1. The molecule has 0 saturated carbocycles. The van der Waals surface area contributed by atoms with Crippen molar-refractivity contribution < 1.29 is 44.4 Å². The van der Waals surface area contributed by atoms with E-state index in [1.807, 2.05) is 0 Å². The van der Waals surface area contributed by atoms with Crippen molar-refractivity contribution in [3.8, 4) is 0 Å². The van der Waals surface area contributed by atoms with E-state index in [4.69, 9.17) is 66.0 Å². The predicted octanol–water partition coefficient (Wildman–Crippen LogP) is -3.78. The maximum atomic E-state index is 10.3. The molecule has 1 aromatic heterocycles. The van der Waals surface area contributed by atoms with E-state index >= 15 is 0 Å². The fourth-order valence-corrected chi connectivity index (χ4v) is 2.44. The van der Waals surface area contributed by atoms with Crippen LogP contribution < -0.4 is 45.5 Å². The summed E-state index contributed by atoms with van der Waals surface area (Å²) in [6, 6.07) is -3.38. The maximum Gasteiger partial charge on any atom is 0.320 e. The molecule has 1 rings (SSSR count). The van der Waals surface area contributed by atoms with Gasteiger partial charge in [0.25, 0.3) is 0 Å². The molecule has 4 unspecified atom stereocenters. The number of primary amides is 1. The molecule has 43 heavy (non-hydrogen) atoms. The Morgan fingerprint density at radius 1 is 0.791 bits per heavy atom. The summed E-state index contributed by atoms with van der Waals surface area (Å²) in [4.78, 5) is 57.3. The van der Waals surface area contributed by atoms with E-state index in [2.05, 4.69) is 15.3 Å². The summed E-state index contributed by atoms with van der Waals surface area (Å²) in [5.41, 5.74) is 36.4. The first-order chi connectivity index (χ1) is 20.0. The van der Waals surface area contributed by atoms with Crippen LogP contribution in [0.3, 0.4) is 0 Å². The number of aromatic amines is 1. The number of nitrogens with one attached hydrogen (secondary N) is 3. The van der Waals surface area contributed by atoms with Crippen molar-refractivity contribution >= 4 is 35.7 Å². The van der Waals surface area contributed by atoms with Crippen molar-refractivity contribution in [2.24, 2.45) is 40.1 Å². The standard InChI is InChI=1S/C6H14N4O2.C6H9N3O2.C6H14N2O2.C5H10N2O3/c7-4(5(11)12)2-1-3-10-6(8)9;7-5(6(10)11)1-4-2-8-3-9-4;7-4-2-1-3-5(8)6(9)10;6-3(5(9)10)1-2-4(7)8/h4H,1-3,7H2,(H,11,12)(H4,8,9,10);2-3,5H,1,7H2,(H,8,9)(H,10,11);5H,1-4,7-8H2,(H,9,10);3H,1-2,6H2,(H2,7,8)(H,9,10). The monoisotopic (exact) mass is 621 g/mol. The molecule has 20 nitrogen and oxygen atoms in total. The average Bonchev–Trinajstić information content (AvgIpc) is 3.43. The van der Waals surface area contributed by atoms with Gasteiger partial charge in [0.2, 0.25) is 5.91 Å². The number of guanidine groups is 1. The molecule has 1 aromatic rings. The molecule has 0 aromatic carbocycles. The Morgan fingerprint density at radius 2 is 1.26 bits per heavy atom. The van der Waals surface area contributed by atoms with Gasteiger partial charge in [0.05, 0.1) is 12.0 Å². The largest absolute Gasteiger partial charge is 0.480 e. The van der Waals surface area contributed by atoms with Crippen LogP contribution in [0.1, 0.15) is 50.6 Å². The molecule has 0 fully saturated rings. The second-order valence-corrected chi connectivity index (χ2v) is 8.82. The summed E-state index contributed by atoms with van der Waals surface area (Å²) in [6.07, 6.45) is 6.64. The first-order valence-electron chi connectivity index (χ1n) is 12.9. The zero-order chi connectivity index (χ0) is 34.0. The zero-order valence-corrected chi connectivity index (χ0v) is 23.9. The molecule has 0 spiro atoms. The smallest absolute Gasteiger partial charge is 0.320 e. The molecular weight excluding hydrogens is 574 g/mol. The number of nitrogens with two attached hydrogens (primary N) is 7. The van der Waals surface area contributed by atoms with Gasteiger partial charge in [-0.15, -0.1) is 0 Å². The van der Waals surface area contributed by atoms with Gasteiger partial charge in [-0.1, -0.05) is 6.42 Å². The van der Waals surface area contributed by atoms with E-state index in [-0.39, 0.29) is 25.2 Å². The summed E-state index contributed by atoms with van der Waals surface area (Å²) < 4.78 is 0. The van der Waals surface area contributed by atoms with Crippen molar-refractivity contribution in [2.75, 3.05) is 13.1 Å². The number of carboxylic acid groups (broad SMARTS) is 4. The zero-order valence-electron chi connectivity index (χ0n) is 23.9. The predicted molar refractivity (Wildman–Crippen MR) is 155 cm³/mol. The van der Waals surface area contributed by atoms with E-state index in [1.54, 1.807) is 6.20 Å². The normalized spacial score (nSPS) is 12.6. The van der Waals surface area contributed by atoms with Crippen molar-refractivity contribution in [3.63, 3.8) is 0 Å². The number of aromatic nitrogens is 2. The highest BCUT2D eigenvalue weighted by atomic mass is 16.4. The Hall–Kier alpha value is -4.37. The molecule has 1 heterocycles. The number of carboxylic acids is 4. The number of carbonyl (C=O) groups is 5. The van der Waals surface area contributed by atoms with Gasteiger partial charge in [0.15, 0.2) is 5.96 Å². The van der Waals surface area contributed by atoms with Crippen molar-refractivity contribution in [3.05, 3.63) is 18.2 Å². The van der Waals surface area contributed by atoms with Crippen LogP contribution in [0.2, 0.25) is 0 Å². The van der Waals surface area contributed by atoms with Crippen LogP contribution in [-0.4, -0.2) is 103 Å². The number of hydrogen-bond acceptors (Lipinski definition) is 12. The Labute approximate surface area is 248 Å². The molecule has 0 saturated heterocycles. The van der Waals surface area contributed by atoms with Crippen LogP contribution in [0.5, 0.6) is 0 Å². The summed E-state index contributed by atoms with van der Waals surface area (Å²) in [5, 5.41) is 42.7. The lowest BCUT2D eigenvalue weighted by molar-refractivity contribution is -0.139. The highest BCUT2D eigenvalue weighted by molar-refractivity contribution is 5.77. The van der Waals surface area contributed by atoms with Gasteiger partial charge in [-0.3, -0.25) is 29.4 Å². The molecule has 0 aliphatic rings. The SMILES string of the molecule is N=C(N)NCCCC(N)C(=O)O.NC(=O)CCC(N)C(=O)O.NC(Cc1c[nH]cn1)C(=O)O.NCCCCC(N)C(=O)O. The molecule has 0 radical (unpaired) electrons. The van der Waals surface area contributed by atoms with Gasteiger partial charge in [0, 0.05) is 25.6 Å². The number of amides is 1. The molecule has 20 heteroatoms. The van der Waals surface area contributed by atoms with Crippen LogP contribution in [-0.2, 0) is 30.4 Å². The number of hydrogen-bond donors (Lipinski definition) is 14. The molecule has 0 bridgehead atoms. The number of carbonyl (C=O) groups excluding carboxylic acids is 1. The van der Waals surface area contributed by atoms with Crippen LogP contribution >= 0.6 is 0 Å². The van der Waals surface area contributed by atoms with Crippen LogP contribution in [0.15, 0.2) is 12.5 Å². The molecular formula is C23H47N11O9. The van der Waals surface area contributed by atoms with E-state index < -0.39 is 54.0 Å². The molecule has 1 amide bonds. The topological polar surface area (TPSA) is 413 Å². The highest BCUT2D eigenvalue weighted by Gasteiger charge is 2.13. The lowest BCUT2D eigenvalue weighted by Crippen LogP contribution is -2.34. The molecule has 248 valence electrons. The molecule has 0 aliphatic heterocycles. The van der Waals surface area contributed by atoms with Gasteiger partial charge in [0.1, 0.15) is 24.2 Å². The summed E-state index contributed by atoms with van der Waals surface area (Å²) >= 11 is 0. The second-order valence-electron chi connectivity index (χ2n) is 8.82. The van der Waals surface area contributed by atoms with Crippen LogP contribution in [0.4, 0.5) is 0 Å². The van der Waals surface area contributed by atoms with Gasteiger partial charge in [-0.25, -0.2) is 4.98 Å². The van der Waals surface area contributed by atoms with Gasteiger partial charge >= 0.3 is 23.9 Å². The van der Waals surface area contributed by atoms with E-state index in [0.29, 0.717) is 38.0 Å². The summed E-state index contributed by atoms with van der Waals surface area (Å²) in [7, 11) is 0. The minimum Gasteiger partial charge on any atom is -0.480 e. The van der Waals surface area contributed by atoms with Crippen molar-refractivity contribution in [2.45, 2.75) is 75.5 Å². The van der Waals surface area contributed by atoms with Crippen LogP contribution in [0, 0.1) is 5.41 Å². The van der Waals surface area contributed by atoms with Gasteiger partial charge < -0.3 is 70.9 Å². The van der Waals surface area contributed by atoms with E-state index in [1.165, 1.54) is 6.33 Å².